The summed E-state index contributed by atoms with van der Waals surface area (Å²) in [6.45, 7) is 21.9. The van der Waals surface area contributed by atoms with Gasteiger partial charge in [0, 0.05) is 75.5 Å². The summed E-state index contributed by atoms with van der Waals surface area (Å²) >= 11 is 0. The molecule has 0 bridgehead atoms. The fraction of sp³-hybridized carbons (Fsp3) is 0.459. The van der Waals surface area contributed by atoms with Crippen molar-refractivity contribution in [3.05, 3.63) is 113 Å². The first-order chi connectivity index (χ1) is 19.8. The molecule has 3 aliphatic rings. The number of hydrogen-bond acceptors (Lipinski definition) is 4. The fourth-order valence-corrected chi connectivity index (χ4v) is 6.01. The van der Waals surface area contributed by atoms with Gasteiger partial charge < -0.3 is 19.6 Å². The summed E-state index contributed by atoms with van der Waals surface area (Å²) in [5.74, 6) is 0. The van der Waals surface area contributed by atoms with Crippen molar-refractivity contribution >= 4 is 5.57 Å². The van der Waals surface area contributed by atoms with Crippen LogP contribution in [-0.2, 0) is 6.42 Å². The number of rotatable bonds is 8. The highest BCUT2D eigenvalue weighted by molar-refractivity contribution is 5.66. The molecule has 0 amide bonds. The van der Waals surface area contributed by atoms with Gasteiger partial charge in [-0.25, -0.2) is 0 Å². The van der Waals surface area contributed by atoms with Gasteiger partial charge in [-0.2, -0.15) is 0 Å². The summed E-state index contributed by atoms with van der Waals surface area (Å²) in [7, 11) is 4.42. The molecule has 41 heavy (non-hydrogen) atoms. The molecule has 3 heterocycles. The predicted octanol–water partition coefficient (Wildman–Crippen LogP) is 7.78. The van der Waals surface area contributed by atoms with Crippen LogP contribution in [0.1, 0.15) is 64.0 Å². The van der Waals surface area contributed by atoms with Crippen LogP contribution in [0, 0.1) is 0 Å². The third-order valence-electron chi connectivity index (χ3n) is 8.98. The lowest BCUT2D eigenvalue weighted by molar-refractivity contribution is 0.289. The Morgan fingerprint density at radius 2 is 1.68 bits per heavy atom. The molecule has 3 aliphatic heterocycles. The molecule has 1 fully saturated rings. The van der Waals surface area contributed by atoms with Gasteiger partial charge in [0.05, 0.1) is 0 Å². The molecule has 1 aromatic carbocycles. The minimum absolute atomic E-state index is 0.843. The molecule has 220 valence electrons. The van der Waals surface area contributed by atoms with Crippen LogP contribution in [0.25, 0.3) is 5.57 Å². The Kier molecular flexibility index (Phi) is 10.9. The molecule has 1 aromatic rings. The highest BCUT2D eigenvalue weighted by atomic mass is 15.2. The molecule has 1 saturated heterocycles. The van der Waals surface area contributed by atoms with Crippen molar-refractivity contribution in [1.82, 2.24) is 19.6 Å². The monoisotopic (exact) mass is 552 g/mol. The van der Waals surface area contributed by atoms with E-state index in [1.54, 1.807) is 0 Å². The van der Waals surface area contributed by atoms with Crippen LogP contribution >= 0.6 is 0 Å². The number of likely N-dealkylation sites (tertiary alicyclic amines) is 1. The van der Waals surface area contributed by atoms with E-state index >= 15 is 0 Å². The molecular formula is C37H52N4. The van der Waals surface area contributed by atoms with E-state index in [1.807, 2.05) is 0 Å². The Morgan fingerprint density at radius 1 is 0.951 bits per heavy atom. The van der Waals surface area contributed by atoms with Gasteiger partial charge in [0.1, 0.15) is 0 Å². The Labute approximate surface area is 250 Å². The average molecular weight is 553 g/mol. The summed E-state index contributed by atoms with van der Waals surface area (Å²) in [4.78, 5) is 9.62. The van der Waals surface area contributed by atoms with Crippen molar-refractivity contribution in [1.29, 1.82) is 0 Å². The standard InChI is InChI=1S/C37H52N4/c1-8-29(3)36(28-32-15-17-33(18-16-32)34-19-24-38(6)25-20-34)39(7)35-14-13-23-40(9-2)31(5)27-37(30(4)26-35)41-21-11-10-12-22-41/h13-19,26-27H,4-5,8-12,20-25,28H2,1-3,6-7H3/b14-13-,35-26+,36-29-,37-27?. The first-order valence-corrected chi connectivity index (χ1v) is 15.7. The predicted molar refractivity (Wildman–Crippen MR) is 177 cm³/mol. The molecule has 0 saturated carbocycles. The van der Waals surface area contributed by atoms with Crippen LogP contribution in [-0.4, -0.2) is 73.0 Å². The number of nitrogens with zero attached hydrogens (tertiary/aromatic N) is 4. The average Bonchev–Trinajstić information content (AvgIpc) is 3.00. The number of piperidine rings is 1. The lowest BCUT2D eigenvalue weighted by Crippen LogP contribution is -2.31. The minimum atomic E-state index is 0.843. The van der Waals surface area contributed by atoms with E-state index in [1.165, 1.54) is 58.6 Å². The lowest BCUT2D eigenvalue weighted by Gasteiger charge is -2.34. The van der Waals surface area contributed by atoms with Crippen molar-refractivity contribution in [3.8, 4) is 0 Å². The maximum atomic E-state index is 4.60. The quantitative estimate of drug-likeness (QED) is 0.326. The van der Waals surface area contributed by atoms with Gasteiger partial charge in [0.2, 0.25) is 0 Å². The van der Waals surface area contributed by atoms with Crippen molar-refractivity contribution in [3.63, 3.8) is 0 Å². The first-order valence-electron chi connectivity index (χ1n) is 15.7. The molecule has 0 unspecified atom stereocenters. The molecule has 4 nitrogen and oxygen atoms in total. The zero-order valence-corrected chi connectivity index (χ0v) is 26.4. The molecule has 0 spiro atoms. The van der Waals surface area contributed by atoms with Crippen molar-refractivity contribution < 1.29 is 0 Å². The van der Waals surface area contributed by atoms with Gasteiger partial charge >= 0.3 is 0 Å². The Bertz CT molecular complexity index is 1230. The SMILES string of the molecule is C=C1/C=C(N(C)/C(Cc2ccc(C3=CCN(C)CC3)cc2)=C(/C)CC)\C=C/CN(CC)C(=C)C=C1N1CCCCC1. The third-order valence-corrected chi connectivity index (χ3v) is 8.98. The van der Waals surface area contributed by atoms with Gasteiger partial charge in [-0.05, 0) is 93.5 Å². The summed E-state index contributed by atoms with van der Waals surface area (Å²) < 4.78 is 0. The van der Waals surface area contributed by atoms with E-state index in [4.69, 9.17) is 0 Å². The van der Waals surface area contributed by atoms with Crippen LogP contribution < -0.4 is 0 Å². The van der Waals surface area contributed by atoms with Gasteiger partial charge in [-0.15, -0.1) is 0 Å². The minimum Gasteiger partial charge on any atom is -0.371 e. The molecule has 0 N–H and O–H groups in total. The van der Waals surface area contributed by atoms with Crippen molar-refractivity contribution in [2.45, 2.75) is 59.3 Å². The summed E-state index contributed by atoms with van der Waals surface area (Å²) in [6, 6.07) is 9.28. The third kappa shape index (κ3) is 7.95. The maximum absolute atomic E-state index is 4.60. The van der Waals surface area contributed by atoms with Crippen molar-refractivity contribution in [2.75, 3.05) is 53.4 Å². The summed E-state index contributed by atoms with van der Waals surface area (Å²) in [5.41, 5.74) is 11.5. The molecule has 4 rings (SSSR count). The van der Waals surface area contributed by atoms with Crippen LogP contribution in [0.4, 0.5) is 0 Å². The second kappa shape index (κ2) is 14.6. The fourth-order valence-electron chi connectivity index (χ4n) is 6.01. The number of allylic oxidation sites excluding steroid dienone is 5. The van der Waals surface area contributed by atoms with Gasteiger partial charge in [0.25, 0.3) is 0 Å². The largest absolute Gasteiger partial charge is 0.371 e. The molecule has 4 heteroatoms. The highest BCUT2D eigenvalue weighted by Crippen LogP contribution is 2.29. The van der Waals surface area contributed by atoms with E-state index in [9.17, 15) is 0 Å². The Balaban J connectivity index is 1.62. The van der Waals surface area contributed by atoms with Gasteiger partial charge in [-0.1, -0.05) is 62.1 Å². The number of likely N-dealkylation sites (N-methyl/N-ethyl adjacent to an activating group) is 3. The first kappa shape index (κ1) is 30.7. The second-order valence-corrected chi connectivity index (χ2v) is 11.9. The number of benzene rings is 1. The summed E-state index contributed by atoms with van der Waals surface area (Å²) in [6.07, 6.45) is 18.3. The summed E-state index contributed by atoms with van der Waals surface area (Å²) in [5, 5.41) is 0. The molecular weight excluding hydrogens is 500 g/mol. The zero-order valence-electron chi connectivity index (χ0n) is 26.4. The van der Waals surface area contributed by atoms with Gasteiger partial charge in [0.15, 0.2) is 0 Å². The van der Waals surface area contributed by atoms with E-state index < -0.39 is 0 Å². The second-order valence-electron chi connectivity index (χ2n) is 11.9. The van der Waals surface area contributed by atoms with Crippen molar-refractivity contribution in [2.24, 2.45) is 0 Å². The van der Waals surface area contributed by atoms with Gasteiger partial charge in [-0.3, -0.25) is 0 Å². The Hall–Kier alpha value is -3.24. The molecule has 0 aliphatic carbocycles. The molecule has 0 atom stereocenters. The normalized spacial score (nSPS) is 21.9. The number of hydrogen-bond donors (Lipinski definition) is 0. The van der Waals surface area contributed by atoms with Crippen LogP contribution in [0.2, 0.25) is 0 Å². The lowest BCUT2D eigenvalue weighted by atomic mass is 9.96. The topological polar surface area (TPSA) is 13.0 Å². The van der Waals surface area contributed by atoms with E-state index in [0.29, 0.717) is 0 Å². The van der Waals surface area contributed by atoms with E-state index in [-0.39, 0.29) is 0 Å². The van der Waals surface area contributed by atoms with E-state index in [2.05, 4.69) is 122 Å². The molecule has 0 aromatic heterocycles. The van der Waals surface area contributed by atoms with Crippen LogP contribution in [0.3, 0.4) is 0 Å². The van der Waals surface area contributed by atoms with Crippen LogP contribution in [0.15, 0.2) is 102 Å². The van der Waals surface area contributed by atoms with Crippen LogP contribution in [0.5, 0.6) is 0 Å². The smallest absolute Gasteiger partial charge is 0.0455 e. The maximum Gasteiger partial charge on any atom is 0.0455 e. The van der Waals surface area contributed by atoms with E-state index in [0.717, 1.165) is 69.8 Å². The zero-order chi connectivity index (χ0) is 29.4. The highest BCUT2D eigenvalue weighted by Gasteiger charge is 2.19. The Morgan fingerprint density at radius 3 is 2.32 bits per heavy atom. The molecule has 0 radical (unpaired) electrons.